The third-order valence-corrected chi connectivity index (χ3v) is 4.44. The molecule has 1 saturated heterocycles. The number of ether oxygens (including phenoxy) is 1. The molecule has 7 nitrogen and oxygen atoms in total. The van der Waals surface area contributed by atoms with Crippen molar-refractivity contribution in [3.05, 3.63) is 35.9 Å². The molecule has 29 heavy (non-hydrogen) atoms. The first-order chi connectivity index (χ1) is 13.6. The number of rotatable bonds is 5. The molecule has 1 atom stereocenters. The molecular formula is C22H31N3O4. The molecule has 1 unspecified atom stereocenters. The fourth-order valence-electron chi connectivity index (χ4n) is 3.16. The SMILES string of the molecule is CC(=O)Nc1ccc(/C=C/C(=O)N2CCCCC2CNC(=O)OC(C)(C)C)cc1. The van der Waals surface area contributed by atoms with Crippen LogP contribution in [0, 0.1) is 0 Å². The Bertz CT molecular complexity index is 750. The minimum Gasteiger partial charge on any atom is -0.444 e. The Morgan fingerprint density at radius 1 is 1.17 bits per heavy atom. The maximum absolute atomic E-state index is 12.7. The van der Waals surface area contributed by atoms with Gasteiger partial charge in [-0.05, 0) is 63.8 Å². The number of hydrogen-bond donors (Lipinski definition) is 2. The van der Waals surface area contributed by atoms with Crippen molar-refractivity contribution in [2.75, 3.05) is 18.4 Å². The van der Waals surface area contributed by atoms with Crippen molar-refractivity contribution in [2.24, 2.45) is 0 Å². The van der Waals surface area contributed by atoms with Crippen molar-refractivity contribution in [2.45, 2.75) is 58.6 Å². The molecule has 7 heteroatoms. The number of nitrogens with one attached hydrogen (secondary N) is 2. The Morgan fingerprint density at radius 2 is 1.86 bits per heavy atom. The second kappa shape index (κ2) is 10.1. The van der Waals surface area contributed by atoms with Crippen molar-refractivity contribution in [3.63, 3.8) is 0 Å². The molecule has 1 aliphatic heterocycles. The average Bonchev–Trinajstić information content (AvgIpc) is 2.64. The van der Waals surface area contributed by atoms with Crippen molar-refractivity contribution >= 4 is 29.7 Å². The summed E-state index contributed by atoms with van der Waals surface area (Å²) < 4.78 is 5.27. The van der Waals surface area contributed by atoms with Crippen LogP contribution in [0.2, 0.25) is 0 Å². The molecule has 2 rings (SSSR count). The summed E-state index contributed by atoms with van der Waals surface area (Å²) in [6.07, 6.45) is 5.67. The lowest BCUT2D eigenvalue weighted by Gasteiger charge is -2.35. The topological polar surface area (TPSA) is 87.7 Å². The molecule has 1 aromatic carbocycles. The summed E-state index contributed by atoms with van der Waals surface area (Å²) in [5, 5.41) is 5.48. The highest BCUT2D eigenvalue weighted by Gasteiger charge is 2.26. The number of amides is 3. The summed E-state index contributed by atoms with van der Waals surface area (Å²) >= 11 is 0. The highest BCUT2D eigenvalue weighted by atomic mass is 16.6. The van der Waals surface area contributed by atoms with E-state index in [2.05, 4.69) is 10.6 Å². The molecule has 0 aromatic heterocycles. The van der Waals surface area contributed by atoms with Crippen LogP contribution in [0.3, 0.4) is 0 Å². The highest BCUT2D eigenvalue weighted by molar-refractivity contribution is 5.92. The standard InChI is InChI=1S/C22H31N3O4/c1-16(26)24-18-11-8-17(9-12-18)10-13-20(27)25-14-6-5-7-19(25)15-23-21(28)29-22(2,3)4/h8-13,19H,5-7,14-15H2,1-4H3,(H,23,28)(H,24,26)/b13-10+. The van der Waals surface area contributed by atoms with Crippen LogP contribution < -0.4 is 10.6 Å². The van der Waals surface area contributed by atoms with Crippen molar-refractivity contribution < 1.29 is 19.1 Å². The zero-order chi connectivity index (χ0) is 21.4. The summed E-state index contributed by atoms with van der Waals surface area (Å²) in [4.78, 5) is 37.5. The highest BCUT2D eigenvalue weighted by Crippen LogP contribution is 2.18. The lowest BCUT2D eigenvalue weighted by atomic mass is 10.0. The monoisotopic (exact) mass is 401 g/mol. The minimum absolute atomic E-state index is 0.0458. The zero-order valence-electron chi connectivity index (χ0n) is 17.7. The third-order valence-electron chi connectivity index (χ3n) is 4.44. The van der Waals surface area contributed by atoms with Gasteiger partial charge in [0.25, 0.3) is 0 Å². The number of carbonyl (C=O) groups is 3. The summed E-state index contributed by atoms with van der Waals surface area (Å²) in [7, 11) is 0. The van der Waals surface area contributed by atoms with Gasteiger partial charge < -0.3 is 20.3 Å². The first-order valence-corrected chi connectivity index (χ1v) is 9.97. The average molecular weight is 402 g/mol. The predicted molar refractivity (Wildman–Crippen MR) is 113 cm³/mol. The first kappa shape index (κ1) is 22.5. The van der Waals surface area contributed by atoms with Crippen LogP contribution in [0.1, 0.15) is 52.5 Å². The lowest BCUT2D eigenvalue weighted by Crippen LogP contribution is -2.49. The second-order valence-corrected chi connectivity index (χ2v) is 8.20. The number of benzene rings is 1. The van der Waals surface area contributed by atoms with Gasteiger partial charge in [0.2, 0.25) is 11.8 Å². The number of likely N-dealkylation sites (tertiary alicyclic amines) is 1. The Kier molecular flexibility index (Phi) is 7.82. The molecule has 1 heterocycles. The molecule has 158 valence electrons. The van der Waals surface area contributed by atoms with Crippen LogP contribution in [0.5, 0.6) is 0 Å². The second-order valence-electron chi connectivity index (χ2n) is 8.20. The van der Waals surface area contributed by atoms with Gasteiger partial charge in [-0.1, -0.05) is 12.1 Å². The van der Waals surface area contributed by atoms with Crippen molar-refractivity contribution in [1.29, 1.82) is 0 Å². The Hall–Kier alpha value is -2.83. The largest absolute Gasteiger partial charge is 0.444 e. The minimum atomic E-state index is -0.551. The third kappa shape index (κ3) is 7.97. The van der Waals surface area contributed by atoms with E-state index in [0.717, 1.165) is 24.8 Å². The number of piperidine rings is 1. The van der Waals surface area contributed by atoms with Crippen LogP contribution in [0.25, 0.3) is 6.08 Å². The van der Waals surface area contributed by atoms with Crippen LogP contribution >= 0.6 is 0 Å². The van der Waals surface area contributed by atoms with E-state index >= 15 is 0 Å². The summed E-state index contributed by atoms with van der Waals surface area (Å²) in [6, 6.07) is 7.22. The molecular weight excluding hydrogens is 370 g/mol. The van der Waals surface area contributed by atoms with E-state index in [1.165, 1.54) is 6.92 Å². The maximum atomic E-state index is 12.7. The van der Waals surface area contributed by atoms with Gasteiger partial charge in [0.05, 0.1) is 0 Å². The van der Waals surface area contributed by atoms with E-state index in [0.29, 0.717) is 18.8 Å². The van der Waals surface area contributed by atoms with Gasteiger partial charge in [-0.25, -0.2) is 4.79 Å². The van der Waals surface area contributed by atoms with Crippen molar-refractivity contribution in [3.8, 4) is 0 Å². The molecule has 0 bridgehead atoms. The van der Waals surface area contributed by atoms with Gasteiger partial charge in [0.15, 0.2) is 0 Å². The summed E-state index contributed by atoms with van der Waals surface area (Å²) in [6.45, 7) is 7.95. The van der Waals surface area contributed by atoms with E-state index in [1.807, 2.05) is 37.8 Å². The summed E-state index contributed by atoms with van der Waals surface area (Å²) in [5.74, 6) is -0.203. The van der Waals surface area contributed by atoms with Gasteiger partial charge in [-0.3, -0.25) is 9.59 Å². The van der Waals surface area contributed by atoms with Crippen LogP contribution in [-0.2, 0) is 14.3 Å². The van der Waals surface area contributed by atoms with E-state index in [1.54, 1.807) is 24.3 Å². The Labute approximate surface area is 172 Å². The van der Waals surface area contributed by atoms with Gasteiger partial charge in [0, 0.05) is 37.8 Å². The molecule has 1 aliphatic rings. The lowest BCUT2D eigenvalue weighted by molar-refractivity contribution is -0.129. The number of carbonyl (C=O) groups excluding carboxylic acids is 3. The molecule has 1 aromatic rings. The number of nitrogens with zero attached hydrogens (tertiary/aromatic N) is 1. The van der Waals surface area contributed by atoms with Crippen LogP contribution in [0.4, 0.5) is 10.5 Å². The van der Waals surface area contributed by atoms with Crippen molar-refractivity contribution in [1.82, 2.24) is 10.2 Å². The molecule has 0 saturated carbocycles. The van der Waals surface area contributed by atoms with E-state index in [4.69, 9.17) is 4.74 Å². The Morgan fingerprint density at radius 3 is 2.48 bits per heavy atom. The maximum Gasteiger partial charge on any atom is 0.407 e. The van der Waals surface area contributed by atoms with Gasteiger partial charge in [0.1, 0.15) is 5.60 Å². The predicted octanol–water partition coefficient (Wildman–Crippen LogP) is 3.56. The molecule has 0 radical (unpaired) electrons. The number of anilines is 1. The van der Waals surface area contributed by atoms with Gasteiger partial charge in [-0.2, -0.15) is 0 Å². The number of hydrogen-bond acceptors (Lipinski definition) is 4. The van der Waals surface area contributed by atoms with E-state index in [-0.39, 0.29) is 17.9 Å². The van der Waals surface area contributed by atoms with E-state index in [9.17, 15) is 14.4 Å². The fraction of sp³-hybridized carbons (Fsp3) is 0.500. The van der Waals surface area contributed by atoms with Gasteiger partial charge in [-0.15, -0.1) is 0 Å². The van der Waals surface area contributed by atoms with E-state index < -0.39 is 11.7 Å². The zero-order valence-corrected chi connectivity index (χ0v) is 17.7. The van der Waals surface area contributed by atoms with Crippen LogP contribution in [-0.4, -0.2) is 47.5 Å². The normalized spacial score (nSPS) is 17.1. The quantitative estimate of drug-likeness (QED) is 0.739. The summed E-state index contributed by atoms with van der Waals surface area (Å²) in [5.41, 5.74) is 1.03. The van der Waals surface area contributed by atoms with Gasteiger partial charge >= 0.3 is 6.09 Å². The molecule has 0 aliphatic carbocycles. The molecule has 1 fully saturated rings. The fourth-order valence-corrected chi connectivity index (χ4v) is 3.16. The first-order valence-electron chi connectivity index (χ1n) is 9.97. The molecule has 2 N–H and O–H groups in total. The van der Waals surface area contributed by atoms with Crippen LogP contribution in [0.15, 0.2) is 30.3 Å². The smallest absolute Gasteiger partial charge is 0.407 e. The molecule has 3 amide bonds. The Balaban J connectivity index is 1.93. The molecule has 0 spiro atoms. The number of alkyl carbamates (subject to hydrolysis) is 1.